The van der Waals surface area contributed by atoms with Gasteiger partial charge in [0, 0.05) is 17.1 Å². The molecule has 112 valence electrons. The summed E-state index contributed by atoms with van der Waals surface area (Å²) in [6, 6.07) is 11.3. The molecule has 0 bridgehead atoms. The first-order valence-corrected chi connectivity index (χ1v) is 7.38. The number of hydrogen-bond acceptors (Lipinski definition) is 2. The molecule has 0 amide bonds. The molecule has 2 unspecified atom stereocenters. The Morgan fingerprint density at radius 2 is 1.67 bits per heavy atom. The average molecular weight is 356 g/mol. The topological polar surface area (TPSA) is 32.3 Å². The molecule has 0 saturated carbocycles. The minimum absolute atomic E-state index is 0.0399. The lowest BCUT2D eigenvalue weighted by molar-refractivity contribution is 0.170. The van der Waals surface area contributed by atoms with Crippen molar-refractivity contribution in [3.63, 3.8) is 0 Å². The standard InChI is InChI=1S/C16H16BrF2NO/c1-10(11-2-5-13(17)6-3-11)20-9-16(21)12-4-7-14(18)15(19)8-12/h2-8,10,16,20-21H,9H2,1H3. The molecule has 0 heterocycles. The van der Waals surface area contributed by atoms with E-state index in [1.54, 1.807) is 0 Å². The maximum Gasteiger partial charge on any atom is 0.159 e. The van der Waals surface area contributed by atoms with Crippen LogP contribution in [0.15, 0.2) is 46.9 Å². The van der Waals surface area contributed by atoms with Crippen LogP contribution in [0.4, 0.5) is 8.78 Å². The molecule has 0 aliphatic carbocycles. The normalized spacial score (nSPS) is 14.0. The summed E-state index contributed by atoms with van der Waals surface area (Å²) in [5.41, 5.74) is 1.43. The monoisotopic (exact) mass is 355 g/mol. The van der Waals surface area contributed by atoms with Gasteiger partial charge in [-0.1, -0.05) is 34.1 Å². The molecule has 2 nitrogen and oxygen atoms in total. The summed E-state index contributed by atoms with van der Waals surface area (Å²) in [6.07, 6.45) is -0.891. The Morgan fingerprint density at radius 3 is 2.29 bits per heavy atom. The van der Waals surface area contributed by atoms with Gasteiger partial charge < -0.3 is 10.4 Å². The van der Waals surface area contributed by atoms with Crippen molar-refractivity contribution in [3.8, 4) is 0 Å². The molecule has 2 atom stereocenters. The third kappa shape index (κ3) is 4.33. The van der Waals surface area contributed by atoms with Gasteiger partial charge in [-0.25, -0.2) is 8.78 Å². The van der Waals surface area contributed by atoms with Gasteiger partial charge in [0.05, 0.1) is 6.10 Å². The number of hydrogen-bond donors (Lipinski definition) is 2. The number of halogens is 3. The van der Waals surface area contributed by atoms with Gasteiger partial charge in [-0.15, -0.1) is 0 Å². The molecular weight excluding hydrogens is 340 g/mol. The van der Waals surface area contributed by atoms with E-state index in [1.165, 1.54) is 6.07 Å². The zero-order valence-electron chi connectivity index (χ0n) is 11.5. The van der Waals surface area contributed by atoms with E-state index in [1.807, 2.05) is 31.2 Å². The fraction of sp³-hybridized carbons (Fsp3) is 0.250. The Balaban J connectivity index is 1.95. The van der Waals surface area contributed by atoms with E-state index < -0.39 is 17.7 Å². The first-order chi connectivity index (χ1) is 9.97. The zero-order valence-corrected chi connectivity index (χ0v) is 13.1. The highest BCUT2D eigenvalue weighted by Gasteiger charge is 2.12. The van der Waals surface area contributed by atoms with Crippen molar-refractivity contribution < 1.29 is 13.9 Å². The quantitative estimate of drug-likeness (QED) is 0.845. The summed E-state index contributed by atoms with van der Waals surface area (Å²) in [5, 5.41) is 13.2. The molecule has 5 heteroatoms. The largest absolute Gasteiger partial charge is 0.387 e. The Morgan fingerprint density at radius 1 is 1.05 bits per heavy atom. The average Bonchev–Trinajstić information content (AvgIpc) is 2.48. The second kappa shape index (κ2) is 7.11. The molecule has 2 aromatic carbocycles. The maximum absolute atomic E-state index is 13.1. The van der Waals surface area contributed by atoms with Crippen molar-refractivity contribution in [1.29, 1.82) is 0 Å². The number of aliphatic hydroxyl groups excluding tert-OH is 1. The predicted octanol–water partition coefficient (Wildman–Crippen LogP) is 4.11. The van der Waals surface area contributed by atoms with Gasteiger partial charge in [-0.3, -0.25) is 0 Å². The van der Waals surface area contributed by atoms with Crippen molar-refractivity contribution in [3.05, 3.63) is 69.7 Å². The van der Waals surface area contributed by atoms with Crippen LogP contribution in [0.5, 0.6) is 0 Å². The van der Waals surface area contributed by atoms with Gasteiger partial charge in [0.15, 0.2) is 11.6 Å². The van der Waals surface area contributed by atoms with E-state index in [0.29, 0.717) is 5.56 Å². The van der Waals surface area contributed by atoms with E-state index in [0.717, 1.165) is 22.2 Å². The smallest absolute Gasteiger partial charge is 0.159 e. The minimum Gasteiger partial charge on any atom is -0.387 e. The van der Waals surface area contributed by atoms with Crippen molar-refractivity contribution >= 4 is 15.9 Å². The first-order valence-electron chi connectivity index (χ1n) is 6.59. The summed E-state index contributed by atoms with van der Waals surface area (Å²) < 4.78 is 27.0. The Hall–Kier alpha value is -1.30. The molecule has 0 radical (unpaired) electrons. The van der Waals surface area contributed by atoms with E-state index in [4.69, 9.17) is 0 Å². The molecule has 2 aromatic rings. The molecule has 0 aromatic heterocycles. The Labute approximate surface area is 130 Å². The van der Waals surface area contributed by atoms with E-state index >= 15 is 0 Å². The van der Waals surface area contributed by atoms with Crippen LogP contribution in [0.1, 0.15) is 30.2 Å². The summed E-state index contributed by atoms with van der Waals surface area (Å²) in [7, 11) is 0. The van der Waals surface area contributed by atoms with E-state index in [-0.39, 0.29) is 12.6 Å². The van der Waals surface area contributed by atoms with Gasteiger partial charge in [-0.2, -0.15) is 0 Å². The molecule has 2 N–H and O–H groups in total. The number of aliphatic hydroxyl groups is 1. The molecule has 0 saturated heterocycles. The van der Waals surface area contributed by atoms with E-state index in [2.05, 4.69) is 21.2 Å². The number of benzene rings is 2. The predicted molar refractivity (Wildman–Crippen MR) is 81.9 cm³/mol. The lowest BCUT2D eigenvalue weighted by Crippen LogP contribution is -2.24. The second-order valence-electron chi connectivity index (χ2n) is 4.87. The van der Waals surface area contributed by atoms with Crippen molar-refractivity contribution in [2.24, 2.45) is 0 Å². The fourth-order valence-electron chi connectivity index (χ4n) is 2.00. The SMILES string of the molecule is CC(NCC(O)c1ccc(F)c(F)c1)c1ccc(Br)cc1. The highest BCUT2D eigenvalue weighted by molar-refractivity contribution is 9.10. The molecule has 0 aliphatic rings. The van der Waals surface area contributed by atoms with Crippen molar-refractivity contribution in [2.75, 3.05) is 6.54 Å². The van der Waals surface area contributed by atoms with Crippen molar-refractivity contribution in [1.82, 2.24) is 5.32 Å². The van der Waals surface area contributed by atoms with Gasteiger partial charge >= 0.3 is 0 Å². The van der Waals surface area contributed by atoms with Gasteiger partial charge in [-0.05, 0) is 42.3 Å². The van der Waals surface area contributed by atoms with Crippen LogP contribution in [0.25, 0.3) is 0 Å². The lowest BCUT2D eigenvalue weighted by Gasteiger charge is -2.18. The third-order valence-electron chi connectivity index (χ3n) is 3.32. The van der Waals surface area contributed by atoms with Gasteiger partial charge in [0.25, 0.3) is 0 Å². The first kappa shape index (κ1) is 16.1. The number of rotatable bonds is 5. The summed E-state index contributed by atoms with van der Waals surface area (Å²) in [4.78, 5) is 0. The van der Waals surface area contributed by atoms with E-state index in [9.17, 15) is 13.9 Å². The molecule has 21 heavy (non-hydrogen) atoms. The number of nitrogens with one attached hydrogen (secondary N) is 1. The van der Waals surface area contributed by atoms with Crippen LogP contribution in [-0.2, 0) is 0 Å². The Kier molecular flexibility index (Phi) is 5.45. The summed E-state index contributed by atoms with van der Waals surface area (Å²) >= 11 is 3.37. The van der Waals surface area contributed by atoms with Gasteiger partial charge in [0.1, 0.15) is 0 Å². The zero-order chi connectivity index (χ0) is 15.4. The summed E-state index contributed by atoms with van der Waals surface area (Å²) in [5.74, 6) is -1.87. The molecular formula is C16H16BrF2NO. The molecule has 0 fully saturated rings. The summed E-state index contributed by atoms with van der Waals surface area (Å²) in [6.45, 7) is 2.23. The lowest BCUT2D eigenvalue weighted by atomic mass is 10.1. The molecule has 0 spiro atoms. The minimum atomic E-state index is -0.951. The van der Waals surface area contributed by atoms with Crippen LogP contribution in [0.2, 0.25) is 0 Å². The molecule has 0 aliphatic heterocycles. The highest BCUT2D eigenvalue weighted by atomic mass is 79.9. The van der Waals surface area contributed by atoms with Crippen LogP contribution >= 0.6 is 15.9 Å². The second-order valence-corrected chi connectivity index (χ2v) is 5.79. The van der Waals surface area contributed by atoms with Crippen molar-refractivity contribution in [2.45, 2.75) is 19.1 Å². The molecule has 2 rings (SSSR count). The van der Waals surface area contributed by atoms with Crippen LogP contribution in [-0.4, -0.2) is 11.7 Å². The fourth-order valence-corrected chi connectivity index (χ4v) is 2.26. The van der Waals surface area contributed by atoms with Gasteiger partial charge in [0.2, 0.25) is 0 Å². The Bertz CT molecular complexity index is 604. The third-order valence-corrected chi connectivity index (χ3v) is 3.84. The van der Waals surface area contributed by atoms with Crippen LogP contribution in [0, 0.1) is 11.6 Å². The highest BCUT2D eigenvalue weighted by Crippen LogP contribution is 2.19. The van der Waals surface area contributed by atoms with Crippen LogP contribution in [0.3, 0.4) is 0 Å². The maximum atomic E-state index is 13.1. The van der Waals surface area contributed by atoms with Crippen LogP contribution < -0.4 is 5.32 Å².